The highest BCUT2D eigenvalue weighted by Gasteiger charge is 2.20. The van der Waals surface area contributed by atoms with E-state index in [0.717, 1.165) is 27.8 Å². The van der Waals surface area contributed by atoms with Crippen molar-refractivity contribution < 1.29 is 19.0 Å². The van der Waals surface area contributed by atoms with Crippen LogP contribution < -0.4 is 19.5 Å². The van der Waals surface area contributed by atoms with Crippen LogP contribution >= 0.6 is 0 Å². The van der Waals surface area contributed by atoms with Crippen molar-refractivity contribution in [1.82, 2.24) is 5.32 Å². The summed E-state index contributed by atoms with van der Waals surface area (Å²) in [6, 6.07) is 19.5. The van der Waals surface area contributed by atoms with Gasteiger partial charge in [-0.2, -0.15) is 0 Å². The van der Waals surface area contributed by atoms with Gasteiger partial charge in [0, 0.05) is 11.9 Å². The van der Waals surface area contributed by atoms with Gasteiger partial charge in [0.25, 0.3) is 5.91 Å². The molecule has 0 radical (unpaired) electrons. The third kappa shape index (κ3) is 3.67. The fourth-order valence-corrected chi connectivity index (χ4v) is 3.13. The minimum Gasteiger partial charge on any atom is -0.480 e. The lowest BCUT2D eigenvalue weighted by molar-refractivity contribution is -0.128. The summed E-state index contributed by atoms with van der Waals surface area (Å²) >= 11 is 0. The smallest absolute Gasteiger partial charge is 0.261 e. The van der Waals surface area contributed by atoms with Gasteiger partial charge in [0.1, 0.15) is 5.75 Å². The Morgan fingerprint density at radius 1 is 1.07 bits per heavy atom. The van der Waals surface area contributed by atoms with Gasteiger partial charge < -0.3 is 19.5 Å². The van der Waals surface area contributed by atoms with Crippen LogP contribution in [0.5, 0.6) is 17.2 Å². The van der Waals surface area contributed by atoms with Gasteiger partial charge in [-0.05, 0) is 35.6 Å². The molecule has 27 heavy (non-hydrogen) atoms. The third-order valence-electron chi connectivity index (χ3n) is 4.59. The summed E-state index contributed by atoms with van der Waals surface area (Å²) in [6.45, 7) is 2.59. The van der Waals surface area contributed by atoms with Crippen molar-refractivity contribution in [3.63, 3.8) is 0 Å². The molecule has 1 N–H and O–H groups in total. The molecule has 0 saturated heterocycles. The molecule has 1 amide bonds. The zero-order valence-electron chi connectivity index (χ0n) is 15.1. The number of hydrogen-bond acceptors (Lipinski definition) is 4. The average Bonchev–Trinajstić information content (AvgIpc) is 3.18. The van der Waals surface area contributed by atoms with E-state index in [1.807, 2.05) is 67.6 Å². The largest absolute Gasteiger partial charge is 0.480 e. The zero-order chi connectivity index (χ0) is 18.6. The Morgan fingerprint density at radius 2 is 1.89 bits per heavy atom. The molecule has 0 aromatic heterocycles. The molecule has 0 aliphatic carbocycles. The van der Waals surface area contributed by atoms with Gasteiger partial charge in [-0.25, -0.2) is 0 Å². The number of carbonyl (C=O) groups is 1. The second kappa shape index (κ2) is 7.58. The maximum Gasteiger partial charge on any atom is 0.261 e. The summed E-state index contributed by atoms with van der Waals surface area (Å²) < 4.78 is 16.7. The quantitative estimate of drug-likeness (QED) is 0.718. The first-order chi connectivity index (χ1) is 13.2. The number of benzene rings is 3. The van der Waals surface area contributed by atoms with Crippen molar-refractivity contribution in [2.45, 2.75) is 26.0 Å². The Labute approximate surface area is 157 Å². The van der Waals surface area contributed by atoms with Crippen molar-refractivity contribution in [1.29, 1.82) is 0 Å². The highest BCUT2D eigenvalue weighted by atomic mass is 16.7. The van der Waals surface area contributed by atoms with Crippen LogP contribution in [0.3, 0.4) is 0 Å². The normalized spacial score (nSPS) is 13.4. The second-order valence-corrected chi connectivity index (χ2v) is 6.40. The second-order valence-electron chi connectivity index (χ2n) is 6.40. The number of fused-ring (bicyclic) bond motifs is 2. The summed E-state index contributed by atoms with van der Waals surface area (Å²) in [5, 5.41) is 5.04. The number of carbonyl (C=O) groups excluding carboxylic acids is 1. The van der Waals surface area contributed by atoms with E-state index in [1.54, 1.807) is 0 Å². The Morgan fingerprint density at radius 3 is 2.78 bits per heavy atom. The van der Waals surface area contributed by atoms with Gasteiger partial charge in [0.2, 0.25) is 6.79 Å². The molecule has 5 heteroatoms. The summed E-state index contributed by atoms with van der Waals surface area (Å²) in [6.07, 6.45) is 0.0285. The standard InChI is InChI=1S/C22H21NO4/c1-2-18(27-19-9-5-7-16-6-3-4-8-17(16)19)22(24)23-13-15-10-11-20-21(12-15)26-14-25-20/h3-12,18H,2,13-14H2,1H3,(H,23,24)/t18-/m1/s1. The van der Waals surface area contributed by atoms with E-state index in [4.69, 9.17) is 14.2 Å². The highest BCUT2D eigenvalue weighted by molar-refractivity contribution is 5.89. The number of hydrogen-bond donors (Lipinski definition) is 1. The molecule has 0 bridgehead atoms. The van der Waals surface area contributed by atoms with Crippen molar-refractivity contribution >= 4 is 16.7 Å². The number of ether oxygens (including phenoxy) is 3. The molecule has 5 nitrogen and oxygen atoms in total. The van der Waals surface area contributed by atoms with E-state index >= 15 is 0 Å². The number of rotatable bonds is 6. The van der Waals surface area contributed by atoms with Crippen LogP contribution in [-0.4, -0.2) is 18.8 Å². The van der Waals surface area contributed by atoms with Crippen molar-refractivity contribution in [2.75, 3.05) is 6.79 Å². The van der Waals surface area contributed by atoms with Crippen LogP contribution in [0.2, 0.25) is 0 Å². The first-order valence-corrected chi connectivity index (χ1v) is 9.05. The van der Waals surface area contributed by atoms with E-state index in [-0.39, 0.29) is 12.7 Å². The molecular formula is C22H21NO4. The highest BCUT2D eigenvalue weighted by Crippen LogP contribution is 2.32. The molecule has 0 spiro atoms. The van der Waals surface area contributed by atoms with Gasteiger partial charge >= 0.3 is 0 Å². The maximum absolute atomic E-state index is 12.6. The van der Waals surface area contributed by atoms with Crippen molar-refractivity contribution in [3.8, 4) is 17.2 Å². The lowest BCUT2D eigenvalue weighted by atomic mass is 10.1. The van der Waals surface area contributed by atoms with Crippen molar-refractivity contribution in [2.24, 2.45) is 0 Å². The van der Waals surface area contributed by atoms with Gasteiger partial charge in [-0.15, -0.1) is 0 Å². The molecule has 138 valence electrons. The molecular weight excluding hydrogens is 342 g/mol. The maximum atomic E-state index is 12.6. The zero-order valence-corrected chi connectivity index (χ0v) is 15.1. The SMILES string of the molecule is CC[C@@H](Oc1cccc2ccccc12)C(=O)NCc1ccc2c(c1)OCO2. The average molecular weight is 363 g/mol. The van der Waals surface area contributed by atoms with Gasteiger partial charge in [0.05, 0.1) is 0 Å². The summed E-state index contributed by atoms with van der Waals surface area (Å²) in [4.78, 5) is 12.6. The predicted octanol–water partition coefficient (Wildman–Crippen LogP) is 4.04. The molecule has 3 aromatic rings. The molecule has 1 aliphatic heterocycles. The molecule has 1 heterocycles. The summed E-state index contributed by atoms with van der Waals surface area (Å²) in [7, 11) is 0. The minimum atomic E-state index is -0.551. The van der Waals surface area contributed by atoms with E-state index in [2.05, 4.69) is 5.32 Å². The minimum absolute atomic E-state index is 0.136. The Hall–Kier alpha value is -3.21. The van der Waals surface area contributed by atoms with Gasteiger partial charge in [0.15, 0.2) is 17.6 Å². The first kappa shape index (κ1) is 17.2. The van der Waals surface area contributed by atoms with E-state index in [1.165, 1.54) is 0 Å². The molecule has 3 aromatic carbocycles. The molecule has 4 rings (SSSR count). The monoisotopic (exact) mass is 363 g/mol. The summed E-state index contributed by atoms with van der Waals surface area (Å²) in [5.74, 6) is 2.03. The van der Waals surface area contributed by atoms with E-state index < -0.39 is 6.10 Å². The molecule has 0 unspecified atom stereocenters. The fraction of sp³-hybridized carbons (Fsp3) is 0.227. The molecule has 0 fully saturated rings. The van der Waals surface area contributed by atoms with Crippen LogP contribution in [0.4, 0.5) is 0 Å². The number of amides is 1. The van der Waals surface area contributed by atoms with E-state index in [9.17, 15) is 4.79 Å². The topological polar surface area (TPSA) is 56.8 Å². The van der Waals surface area contributed by atoms with Gasteiger partial charge in [-0.1, -0.05) is 49.4 Å². The first-order valence-electron chi connectivity index (χ1n) is 9.05. The van der Waals surface area contributed by atoms with Crippen LogP contribution in [0, 0.1) is 0 Å². The fourth-order valence-electron chi connectivity index (χ4n) is 3.13. The Bertz CT molecular complexity index is 964. The third-order valence-corrected chi connectivity index (χ3v) is 4.59. The van der Waals surface area contributed by atoms with E-state index in [0.29, 0.717) is 18.7 Å². The van der Waals surface area contributed by atoms with Crippen LogP contribution in [-0.2, 0) is 11.3 Å². The van der Waals surface area contributed by atoms with Crippen LogP contribution in [0.25, 0.3) is 10.8 Å². The van der Waals surface area contributed by atoms with Crippen molar-refractivity contribution in [3.05, 3.63) is 66.2 Å². The molecule has 0 saturated carbocycles. The predicted molar refractivity (Wildman–Crippen MR) is 103 cm³/mol. The lowest BCUT2D eigenvalue weighted by Crippen LogP contribution is -2.37. The lowest BCUT2D eigenvalue weighted by Gasteiger charge is -2.18. The van der Waals surface area contributed by atoms with Crippen LogP contribution in [0.15, 0.2) is 60.7 Å². The summed E-state index contributed by atoms with van der Waals surface area (Å²) in [5.41, 5.74) is 0.951. The molecule has 1 atom stereocenters. The number of nitrogens with one attached hydrogen (secondary N) is 1. The van der Waals surface area contributed by atoms with Crippen LogP contribution in [0.1, 0.15) is 18.9 Å². The van der Waals surface area contributed by atoms with Gasteiger partial charge in [-0.3, -0.25) is 4.79 Å². The Kier molecular flexibility index (Phi) is 4.83. The molecule has 1 aliphatic rings. The Balaban J connectivity index is 1.43.